The minimum absolute atomic E-state index is 0.0203. The van der Waals surface area contributed by atoms with Crippen molar-refractivity contribution in [1.82, 2.24) is 0 Å². The molecule has 4 heteroatoms. The molecule has 0 fully saturated rings. The van der Waals surface area contributed by atoms with E-state index in [2.05, 4.69) is 5.32 Å². The van der Waals surface area contributed by atoms with E-state index < -0.39 is 11.8 Å². The highest BCUT2D eigenvalue weighted by Gasteiger charge is 2.46. The van der Waals surface area contributed by atoms with Crippen molar-refractivity contribution in [3.8, 4) is 0 Å². The number of amides is 2. The molecule has 0 spiro atoms. The predicted octanol–water partition coefficient (Wildman–Crippen LogP) is 2.48. The first-order valence-corrected chi connectivity index (χ1v) is 6.95. The van der Waals surface area contributed by atoms with Crippen LogP contribution in [0, 0.1) is 0 Å². The molecule has 0 aliphatic carbocycles. The van der Waals surface area contributed by atoms with Crippen LogP contribution in [0.3, 0.4) is 0 Å². The minimum atomic E-state index is -0.445. The molecule has 2 amide bonds. The average Bonchev–Trinajstić information content (AvgIpc) is 2.95. The second-order valence-electron chi connectivity index (χ2n) is 5.49. The highest BCUT2D eigenvalue weighted by molar-refractivity contribution is 6.12. The molecule has 0 saturated carbocycles. The Morgan fingerprint density at radius 1 is 0.905 bits per heavy atom. The van der Waals surface area contributed by atoms with Gasteiger partial charge in [-0.2, -0.15) is 0 Å². The maximum absolute atomic E-state index is 12.7. The van der Waals surface area contributed by atoms with Crippen molar-refractivity contribution in [2.45, 2.75) is 11.8 Å². The fourth-order valence-electron chi connectivity index (χ4n) is 3.40. The summed E-state index contributed by atoms with van der Waals surface area (Å²) in [4.78, 5) is 26.7. The Labute approximate surface area is 122 Å². The molecule has 2 aromatic carbocycles. The fraction of sp³-hybridized carbons (Fsp3) is 0.176. The number of para-hydroxylation sites is 2. The number of carbonyl (C=O) groups excluding carboxylic acids is 2. The van der Waals surface area contributed by atoms with Crippen LogP contribution in [-0.2, 0) is 9.59 Å². The van der Waals surface area contributed by atoms with Gasteiger partial charge in [-0.05, 0) is 23.3 Å². The number of hydrogen-bond donors (Lipinski definition) is 1. The minimum Gasteiger partial charge on any atom is -0.325 e. The molecule has 0 aromatic heterocycles. The van der Waals surface area contributed by atoms with E-state index in [0.29, 0.717) is 0 Å². The third-order valence-corrected chi connectivity index (χ3v) is 4.40. The summed E-state index contributed by atoms with van der Waals surface area (Å²) in [6.07, 6.45) is 0. The smallest absolute Gasteiger partial charge is 0.235 e. The molecule has 0 bridgehead atoms. The average molecular weight is 278 g/mol. The zero-order valence-corrected chi connectivity index (χ0v) is 11.5. The third kappa shape index (κ3) is 1.56. The van der Waals surface area contributed by atoms with Gasteiger partial charge < -0.3 is 10.2 Å². The monoisotopic (exact) mass is 278 g/mol. The Hall–Kier alpha value is -2.62. The van der Waals surface area contributed by atoms with Crippen molar-refractivity contribution < 1.29 is 9.59 Å². The van der Waals surface area contributed by atoms with Crippen LogP contribution < -0.4 is 10.2 Å². The molecule has 2 heterocycles. The Morgan fingerprint density at radius 3 is 2.38 bits per heavy atom. The van der Waals surface area contributed by atoms with E-state index in [1.807, 2.05) is 48.5 Å². The molecular weight excluding hydrogens is 264 g/mol. The number of anilines is 2. The molecule has 4 rings (SSSR count). The third-order valence-electron chi connectivity index (χ3n) is 4.40. The molecule has 2 aliphatic heterocycles. The van der Waals surface area contributed by atoms with Gasteiger partial charge in [-0.1, -0.05) is 36.4 Å². The summed E-state index contributed by atoms with van der Waals surface area (Å²) in [5.74, 6) is -0.998. The summed E-state index contributed by atoms with van der Waals surface area (Å²) in [7, 11) is 1.76. The summed E-state index contributed by atoms with van der Waals surface area (Å²) in [5.41, 5.74) is 3.55. The molecule has 104 valence electrons. The summed E-state index contributed by atoms with van der Waals surface area (Å²) in [5, 5.41) is 2.88. The summed E-state index contributed by atoms with van der Waals surface area (Å²) in [6, 6.07) is 15.3. The first kappa shape index (κ1) is 12.1. The zero-order valence-electron chi connectivity index (χ0n) is 11.5. The molecule has 1 N–H and O–H groups in total. The van der Waals surface area contributed by atoms with Gasteiger partial charge in [0.1, 0.15) is 0 Å². The molecule has 4 nitrogen and oxygen atoms in total. The van der Waals surface area contributed by atoms with Crippen molar-refractivity contribution in [3.63, 3.8) is 0 Å². The quantitative estimate of drug-likeness (QED) is 0.871. The maximum atomic E-state index is 12.7. The highest BCUT2D eigenvalue weighted by atomic mass is 16.2. The van der Waals surface area contributed by atoms with Gasteiger partial charge in [-0.15, -0.1) is 0 Å². The van der Waals surface area contributed by atoms with Crippen molar-refractivity contribution in [2.75, 3.05) is 17.3 Å². The molecule has 2 atom stereocenters. The van der Waals surface area contributed by atoms with E-state index in [1.54, 1.807) is 11.9 Å². The van der Waals surface area contributed by atoms with E-state index in [0.717, 1.165) is 22.5 Å². The van der Waals surface area contributed by atoms with Gasteiger partial charge in [0.25, 0.3) is 0 Å². The molecule has 0 saturated heterocycles. The van der Waals surface area contributed by atoms with E-state index in [9.17, 15) is 9.59 Å². The van der Waals surface area contributed by atoms with Crippen LogP contribution in [0.1, 0.15) is 23.0 Å². The summed E-state index contributed by atoms with van der Waals surface area (Å²) >= 11 is 0. The van der Waals surface area contributed by atoms with Crippen molar-refractivity contribution in [3.05, 3.63) is 59.7 Å². The largest absolute Gasteiger partial charge is 0.325 e. The van der Waals surface area contributed by atoms with Gasteiger partial charge in [0.05, 0.1) is 11.8 Å². The van der Waals surface area contributed by atoms with Crippen LogP contribution in [-0.4, -0.2) is 18.9 Å². The van der Waals surface area contributed by atoms with E-state index >= 15 is 0 Å². The van der Waals surface area contributed by atoms with Gasteiger partial charge in [0.15, 0.2) is 0 Å². The Kier molecular flexibility index (Phi) is 2.42. The van der Waals surface area contributed by atoms with Crippen molar-refractivity contribution in [1.29, 1.82) is 0 Å². The van der Waals surface area contributed by atoms with Gasteiger partial charge in [-0.25, -0.2) is 0 Å². The van der Waals surface area contributed by atoms with E-state index in [-0.39, 0.29) is 11.8 Å². The van der Waals surface area contributed by atoms with Crippen LogP contribution in [0.4, 0.5) is 11.4 Å². The van der Waals surface area contributed by atoms with Gasteiger partial charge in [0, 0.05) is 18.4 Å². The fourth-order valence-corrected chi connectivity index (χ4v) is 3.40. The second-order valence-corrected chi connectivity index (χ2v) is 5.49. The predicted molar refractivity (Wildman–Crippen MR) is 80.4 cm³/mol. The molecule has 0 radical (unpaired) electrons. The number of carbonyl (C=O) groups is 2. The van der Waals surface area contributed by atoms with Crippen LogP contribution in [0.2, 0.25) is 0 Å². The Balaban J connectivity index is 1.88. The van der Waals surface area contributed by atoms with Gasteiger partial charge in [-0.3, -0.25) is 9.59 Å². The van der Waals surface area contributed by atoms with Gasteiger partial charge in [0.2, 0.25) is 11.8 Å². The Morgan fingerprint density at radius 2 is 1.57 bits per heavy atom. The molecule has 0 unspecified atom stereocenters. The lowest BCUT2D eigenvalue weighted by Gasteiger charge is -2.16. The zero-order chi connectivity index (χ0) is 14.6. The van der Waals surface area contributed by atoms with Crippen LogP contribution >= 0.6 is 0 Å². The summed E-state index contributed by atoms with van der Waals surface area (Å²) in [6.45, 7) is 0. The van der Waals surface area contributed by atoms with Gasteiger partial charge >= 0.3 is 0 Å². The topological polar surface area (TPSA) is 49.4 Å². The first-order valence-electron chi connectivity index (χ1n) is 6.95. The SMILES string of the molecule is CN1C(=O)[C@H]([C@H]2C(=O)Nc3ccccc32)c2ccccc21. The number of fused-ring (bicyclic) bond motifs is 2. The number of rotatable bonds is 1. The van der Waals surface area contributed by atoms with Crippen LogP contribution in [0.25, 0.3) is 0 Å². The molecule has 21 heavy (non-hydrogen) atoms. The van der Waals surface area contributed by atoms with E-state index in [4.69, 9.17) is 0 Å². The lowest BCUT2D eigenvalue weighted by atomic mass is 9.83. The normalized spacial score (nSPS) is 23.0. The second kappa shape index (κ2) is 4.19. The van der Waals surface area contributed by atoms with Crippen LogP contribution in [0.15, 0.2) is 48.5 Å². The number of benzene rings is 2. The maximum Gasteiger partial charge on any atom is 0.235 e. The lowest BCUT2D eigenvalue weighted by molar-refractivity contribution is -0.124. The standard InChI is InChI=1S/C17H14N2O2/c1-19-13-9-5-3-7-11(13)15(17(19)21)14-10-6-2-4-8-12(10)18-16(14)20/h2-9,14-15H,1H3,(H,18,20)/t14-,15-/m0/s1. The number of likely N-dealkylation sites (N-methyl/N-ethyl adjacent to an activating group) is 1. The first-order chi connectivity index (χ1) is 10.2. The van der Waals surface area contributed by atoms with Crippen molar-refractivity contribution >= 4 is 23.2 Å². The van der Waals surface area contributed by atoms with Crippen LogP contribution in [0.5, 0.6) is 0 Å². The lowest BCUT2D eigenvalue weighted by Crippen LogP contribution is -2.29. The molecule has 2 aromatic rings. The molecular formula is C17H14N2O2. The number of nitrogens with one attached hydrogen (secondary N) is 1. The molecule has 2 aliphatic rings. The summed E-state index contributed by atoms with van der Waals surface area (Å²) < 4.78 is 0. The highest BCUT2D eigenvalue weighted by Crippen LogP contribution is 2.48. The number of hydrogen-bond acceptors (Lipinski definition) is 2. The Bertz CT molecular complexity index is 769. The number of nitrogens with zero attached hydrogens (tertiary/aromatic N) is 1. The van der Waals surface area contributed by atoms with E-state index in [1.165, 1.54) is 0 Å². The van der Waals surface area contributed by atoms with Crippen molar-refractivity contribution in [2.24, 2.45) is 0 Å².